The minimum absolute atomic E-state index is 0.0533. The SMILES string of the molecule is C=C(/C=C(\C)O)C(=O)O. The lowest BCUT2D eigenvalue weighted by atomic mass is 10.3. The van der Waals surface area contributed by atoms with Crippen molar-refractivity contribution in [3.05, 3.63) is 24.0 Å². The van der Waals surface area contributed by atoms with Crippen LogP contribution in [-0.4, -0.2) is 16.2 Å². The van der Waals surface area contributed by atoms with Crippen molar-refractivity contribution in [1.29, 1.82) is 0 Å². The van der Waals surface area contributed by atoms with Crippen LogP contribution >= 0.6 is 0 Å². The molecule has 0 saturated heterocycles. The summed E-state index contributed by atoms with van der Waals surface area (Å²) in [5, 5.41) is 16.7. The molecule has 0 atom stereocenters. The van der Waals surface area contributed by atoms with Crippen molar-refractivity contribution in [1.82, 2.24) is 0 Å². The van der Waals surface area contributed by atoms with E-state index in [4.69, 9.17) is 10.2 Å². The molecule has 0 saturated carbocycles. The number of carbonyl (C=O) groups is 1. The highest BCUT2D eigenvalue weighted by Gasteiger charge is 1.98. The number of hydrogen-bond donors (Lipinski definition) is 2. The molecule has 0 aliphatic carbocycles. The summed E-state index contributed by atoms with van der Waals surface area (Å²) in [7, 11) is 0. The van der Waals surface area contributed by atoms with Crippen LogP contribution < -0.4 is 0 Å². The fraction of sp³-hybridized carbons (Fsp3) is 0.167. The highest BCUT2D eigenvalue weighted by molar-refractivity contribution is 5.88. The number of carboxylic acids is 1. The lowest BCUT2D eigenvalue weighted by Crippen LogP contribution is -1.95. The van der Waals surface area contributed by atoms with E-state index in [1.54, 1.807) is 0 Å². The molecule has 0 radical (unpaired) electrons. The van der Waals surface area contributed by atoms with Gasteiger partial charge in [0.15, 0.2) is 0 Å². The van der Waals surface area contributed by atoms with Gasteiger partial charge < -0.3 is 10.2 Å². The molecule has 0 unspecified atom stereocenters. The Morgan fingerprint density at radius 1 is 1.56 bits per heavy atom. The van der Waals surface area contributed by atoms with Crippen LogP contribution in [0.1, 0.15) is 6.92 Å². The minimum atomic E-state index is -1.12. The molecule has 0 bridgehead atoms. The Balaban J connectivity index is 4.09. The molecule has 3 heteroatoms. The summed E-state index contributed by atoms with van der Waals surface area (Å²) in [6.07, 6.45) is 1.09. The van der Waals surface area contributed by atoms with E-state index in [9.17, 15) is 4.79 Å². The second kappa shape index (κ2) is 2.91. The smallest absolute Gasteiger partial charge is 0.335 e. The Hall–Kier alpha value is -1.25. The van der Waals surface area contributed by atoms with Gasteiger partial charge in [0.1, 0.15) is 0 Å². The predicted octanol–water partition coefficient (Wildman–Crippen LogP) is 1.09. The van der Waals surface area contributed by atoms with Crippen molar-refractivity contribution >= 4 is 5.97 Å². The molecule has 2 N–H and O–H groups in total. The fourth-order valence-electron chi connectivity index (χ4n) is 0.314. The molecule has 0 amide bonds. The summed E-state index contributed by atoms with van der Waals surface area (Å²) < 4.78 is 0. The third-order valence-electron chi connectivity index (χ3n) is 0.658. The maximum Gasteiger partial charge on any atom is 0.335 e. The van der Waals surface area contributed by atoms with Crippen molar-refractivity contribution in [2.45, 2.75) is 6.92 Å². The predicted molar refractivity (Wildman–Crippen MR) is 33.2 cm³/mol. The average Bonchev–Trinajstić information content (AvgIpc) is 1.63. The normalized spacial score (nSPS) is 11.0. The van der Waals surface area contributed by atoms with Crippen LogP contribution in [0.3, 0.4) is 0 Å². The van der Waals surface area contributed by atoms with Crippen LogP contribution in [0.2, 0.25) is 0 Å². The highest BCUT2D eigenvalue weighted by atomic mass is 16.4. The van der Waals surface area contributed by atoms with Gasteiger partial charge in [-0.2, -0.15) is 0 Å². The molecule has 0 fully saturated rings. The molecule has 0 aliphatic heterocycles. The van der Waals surface area contributed by atoms with E-state index in [1.165, 1.54) is 6.92 Å². The molecule has 50 valence electrons. The van der Waals surface area contributed by atoms with Crippen molar-refractivity contribution in [3.8, 4) is 0 Å². The van der Waals surface area contributed by atoms with Crippen LogP contribution in [0.25, 0.3) is 0 Å². The summed E-state index contributed by atoms with van der Waals surface area (Å²) in [6, 6.07) is 0. The Kier molecular flexibility index (Phi) is 2.51. The van der Waals surface area contributed by atoms with Crippen LogP contribution in [-0.2, 0) is 4.79 Å². The molecule has 0 spiro atoms. The van der Waals surface area contributed by atoms with Gasteiger partial charge in [0.05, 0.1) is 11.3 Å². The first kappa shape index (κ1) is 7.75. The Morgan fingerprint density at radius 2 is 2.00 bits per heavy atom. The molecule has 0 aromatic rings. The molecule has 0 heterocycles. The van der Waals surface area contributed by atoms with Crippen molar-refractivity contribution in [3.63, 3.8) is 0 Å². The molecular weight excluding hydrogens is 120 g/mol. The Bertz CT molecular complexity index is 163. The fourth-order valence-corrected chi connectivity index (χ4v) is 0.314. The van der Waals surface area contributed by atoms with Crippen LogP contribution in [0.15, 0.2) is 24.0 Å². The molecule has 3 nitrogen and oxygen atoms in total. The van der Waals surface area contributed by atoms with E-state index in [2.05, 4.69) is 6.58 Å². The van der Waals surface area contributed by atoms with Gasteiger partial charge in [-0.1, -0.05) is 6.58 Å². The number of aliphatic carboxylic acids is 1. The monoisotopic (exact) mass is 128 g/mol. The van der Waals surface area contributed by atoms with E-state index in [0.29, 0.717) is 0 Å². The van der Waals surface area contributed by atoms with Crippen LogP contribution in [0.4, 0.5) is 0 Å². The van der Waals surface area contributed by atoms with Crippen molar-refractivity contribution in [2.24, 2.45) is 0 Å². The maximum absolute atomic E-state index is 9.98. The highest BCUT2D eigenvalue weighted by Crippen LogP contribution is 1.95. The minimum Gasteiger partial charge on any atom is -0.513 e. The Labute approximate surface area is 52.9 Å². The molecule has 0 rings (SSSR count). The van der Waals surface area contributed by atoms with Gasteiger partial charge in [-0.3, -0.25) is 0 Å². The summed E-state index contributed by atoms with van der Waals surface area (Å²) in [4.78, 5) is 9.98. The third kappa shape index (κ3) is 3.34. The number of hydrogen-bond acceptors (Lipinski definition) is 2. The first-order valence-corrected chi connectivity index (χ1v) is 2.33. The molecule has 0 aromatic heterocycles. The van der Waals surface area contributed by atoms with Gasteiger partial charge >= 0.3 is 5.97 Å². The number of aliphatic hydroxyl groups is 1. The summed E-state index contributed by atoms with van der Waals surface area (Å²) in [5.41, 5.74) is -0.116. The van der Waals surface area contributed by atoms with Crippen molar-refractivity contribution < 1.29 is 15.0 Å². The summed E-state index contributed by atoms with van der Waals surface area (Å²) in [5.74, 6) is -1.18. The molecule has 0 aromatic carbocycles. The lowest BCUT2D eigenvalue weighted by molar-refractivity contribution is -0.132. The van der Waals surface area contributed by atoms with Crippen LogP contribution in [0, 0.1) is 0 Å². The number of aliphatic hydroxyl groups excluding tert-OH is 1. The van der Waals surface area contributed by atoms with Gasteiger partial charge in [0, 0.05) is 0 Å². The lowest BCUT2D eigenvalue weighted by Gasteiger charge is -1.89. The second-order valence-corrected chi connectivity index (χ2v) is 1.62. The topological polar surface area (TPSA) is 57.5 Å². The van der Waals surface area contributed by atoms with Gasteiger partial charge in [-0.15, -0.1) is 0 Å². The van der Waals surface area contributed by atoms with E-state index in [-0.39, 0.29) is 11.3 Å². The largest absolute Gasteiger partial charge is 0.513 e. The zero-order valence-electron chi connectivity index (χ0n) is 5.09. The van der Waals surface area contributed by atoms with Gasteiger partial charge in [0.2, 0.25) is 0 Å². The molecule has 9 heavy (non-hydrogen) atoms. The van der Waals surface area contributed by atoms with E-state index in [0.717, 1.165) is 6.08 Å². The Morgan fingerprint density at radius 3 is 2.11 bits per heavy atom. The standard InChI is InChI=1S/C6H8O3/c1-4(6(8)9)3-5(2)7/h3,7H,1H2,2H3,(H,8,9)/b5-3+. The maximum atomic E-state index is 9.98. The molecular formula is C6H8O3. The molecule has 0 aliphatic rings. The average molecular weight is 128 g/mol. The number of allylic oxidation sites excluding steroid dienone is 1. The second-order valence-electron chi connectivity index (χ2n) is 1.62. The zero-order chi connectivity index (χ0) is 7.44. The van der Waals surface area contributed by atoms with Crippen molar-refractivity contribution in [2.75, 3.05) is 0 Å². The quantitative estimate of drug-likeness (QED) is 0.332. The van der Waals surface area contributed by atoms with Crippen LogP contribution in [0.5, 0.6) is 0 Å². The van der Waals surface area contributed by atoms with Gasteiger partial charge in [-0.25, -0.2) is 4.79 Å². The zero-order valence-corrected chi connectivity index (χ0v) is 5.09. The first-order valence-electron chi connectivity index (χ1n) is 2.33. The van der Waals surface area contributed by atoms with E-state index < -0.39 is 5.97 Å². The summed E-state index contributed by atoms with van der Waals surface area (Å²) in [6.45, 7) is 4.54. The summed E-state index contributed by atoms with van der Waals surface area (Å²) >= 11 is 0. The third-order valence-corrected chi connectivity index (χ3v) is 0.658. The number of rotatable bonds is 2. The van der Waals surface area contributed by atoms with E-state index >= 15 is 0 Å². The first-order chi connectivity index (χ1) is 4.04. The van der Waals surface area contributed by atoms with E-state index in [1.807, 2.05) is 0 Å². The van der Waals surface area contributed by atoms with Gasteiger partial charge in [-0.05, 0) is 13.0 Å². The number of carboxylic acid groups (broad SMARTS) is 1. The van der Waals surface area contributed by atoms with Gasteiger partial charge in [0.25, 0.3) is 0 Å².